The SMILES string of the molecule is CCN(CC)C(=O)n1ccc(Sc2ccc(C(F)(F)F)cn2)n1. The second-order valence-electron chi connectivity index (χ2n) is 4.54. The Morgan fingerprint density at radius 2 is 1.91 bits per heavy atom. The smallest absolute Gasteiger partial charge is 0.323 e. The molecule has 23 heavy (non-hydrogen) atoms. The van der Waals surface area contributed by atoms with E-state index in [0.29, 0.717) is 23.1 Å². The largest absolute Gasteiger partial charge is 0.417 e. The van der Waals surface area contributed by atoms with Crippen molar-refractivity contribution in [3.05, 3.63) is 36.2 Å². The maximum Gasteiger partial charge on any atom is 0.417 e. The molecule has 0 fully saturated rings. The number of alkyl halides is 3. The molecule has 9 heteroatoms. The monoisotopic (exact) mass is 344 g/mol. The molecule has 2 heterocycles. The number of pyridine rings is 1. The van der Waals surface area contributed by atoms with Gasteiger partial charge in [0.25, 0.3) is 0 Å². The van der Waals surface area contributed by atoms with Gasteiger partial charge in [-0.2, -0.15) is 23.0 Å². The minimum atomic E-state index is -4.41. The molecule has 2 aromatic rings. The molecular weight excluding hydrogens is 329 g/mol. The summed E-state index contributed by atoms with van der Waals surface area (Å²) in [4.78, 5) is 17.5. The van der Waals surface area contributed by atoms with Crippen molar-refractivity contribution in [3.63, 3.8) is 0 Å². The molecule has 0 bridgehead atoms. The number of amides is 1. The molecule has 2 rings (SSSR count). The maximum absolute atomic E-state index is 12.5. The van der Waals surface area contributed by atoms with Gasteiger partial charge >= 0.3 is 12.2 Å². The van der Waals surface area contributed by atoms with Gasteiger partial charge in [-0.25, -0.2) is 9.78 Å². The molecule has 0 spiro atoms. The average molecular weight is 344 g/mol. The van der Waals surface area contributed by atoms with E-state index in [1.807, 2.05) is 13.8 Å². The van der Waals surface area contributed by atoms with Crippen LogP contribution in [0.5, 0.6) is 0 Å². The minimum absolute atomic E-state index is 0.248. The first-order valence-corrected chi connectivity index (χ1v) is 7.72. The molecule has 0 N–H and O–H groups in total. The van der Waals surface area contributed by atoms with E-state index in [4.69, 9.17) is 0 Å². The van der Waals surface area contributed by atoms with Crippen molar-refractivity contribution in [2.45, 2.75) is 30.1 Å². The fourth-order valence-electron chi connectivity index (χ4n) is 1.82. The predicted octanol–water partition coefficient (Wildman–Crippen LogP) is 3.76. The molecule has 0 aromatic carbocycles. The van der Waals surface area contributed by atoms with Gasteiger partial charge in [-0.15, -0.1) is 0 Å². The van der Waals surface area contributed by atoms with Crippen LogP contribution in [0.15, 0.2) is 40.6 Å². The molecule has 0 radical (unpaired) electrons. The van der Waals surface area contributed by atoms with Gasteiger partial charge in [0.1, 0.15) is 10.1 Å². The Morgan fingerprint density at radius 1 is 1.22 bits per heavy atom. The summed E-state index contributed by atoms with van der Waals surface area (Å²) in [5.41, 5.74) is -0.802. The molecule has 0 aliphatic rings. The van der Waals surface area contributed by atoms with Crippen molar-refractivity contribution in [1.29, 1.82) is 0 Å². The number of rotatable bonds is 4. The fourth-order valence-corrected chi connectivity index (χ4v) is 2.54. The summed E-state index contributed by atoms with van der Waals surface area (Å²) >= 11 is 1.09. The van der Waals surface area contributed by atoms with Crippen LogP contribution in [-0.4, -0.2) is 38.8 Å². The van der Waals surface area contributed by atoms with E-state index in [-0.39, 0.29) is 6.03 Å². The summed E-state index contributed by atoms with van der Waals surface area (Å²) in [6.45, 7) is 4.87. The highest BCUT2D eigenvalue weighted by Crippen LogP contribution is 2.30. The van der Waals surface area contributed by atoms with Gasteiger partial charge in [-0.3, -0.25) is 0 Å². The van der Waals surface area contributed by atoms with Gasteiger partial charge in [0.15, 0.2) is 0 Å². The highest BCUT2D eigenvalue weighted by molar-refractivity contribution is 7.99. The lowest BCUT2D eigenvalue weighted by Gasteiger charge is -2.17. The molecule has 5 nitrogen and oxygen atoms in total. The number of carbonyl (C=O) groups is 1. The number of halogens is 3. The van der Waals surface area contributed by atoms with Crippen LogP contribution in [0.3, 0.4) is 0 Å². The molecule has 0 saturated carbocycles. The highest BCUT2D eigenvalue weighted by Gasteiger charge is 2.30. The first kappa shape index (κ1) is 17.3. The fraction of sp³-hybridized carbons (Fsp3) is 0.357. The van der Waals surface area contributed by atoms with E-state index >= 15 is 0 Å². The van der Waals surface area contributed by atoms with Crippen LogP contribution in [0.1, 0.15) is 19.4 Å². The molecule has 1 amide bonds. The number of aromatic nitrogens is 3. The molecule has 0 unspecified atom stereocenters. The Morgan fingerprint density at radius 3 is 2.43 bits per heavy atom. The van der Waals surface area contributed by atoms with Crippen molar-refractivity contribution in [3.8, 4) is 0 Å². The second kappa shape index (κ2) is 7.03. The third-order valence-electron chi connectivity index (χ3n) is 3.07. The van der Waals surface area contributed by atoms with Crippen molar-refractivity contribution in [2.24, 2.45) is 0 Å². The molecular formula is C14H15F3N4OS. The van der Waals surface area contributed by atoms with Crippen molar-refractivity contribution >= 4 is 17.8 Å². The zero-order valence-electron chi connectivity index (χ0n) is 12.5. The number of carbonyl (C=O) groups excluding carboxylic acids is 1. The minimum Gasteiger partial charge on any atom is -0.323 e. The topological polar surface area (TPSA) is 51.0 Å². The second-order valence-corrected chi connectivity index (χ2v) is 5.58. The normalized spacial score (nSPS) is 11.5. The summed E-state index contributed by atoms with van der Waals surface area (Å²) in [7, 11) is 0. The zero-order chi connectivity index (χ0) is 17.0. The first-order valence-electron chi connectivity index (χ1n) is 6.91. The predicted molar refractivity (Wildman–Crippen MR) is 79.3 cm³/mol. The van der Waals surface area contributed by atoms with Gasteiger partial charge in [0.05, 0.1) is 5.56 Å². The average Bonchev–Trinajstić information content (AvgIpc) is 2.96. The third kappa shape index (κ3) is 4.25. The van der Waals surface area contributed by atoms with Gasteiger partial charge in [-0.1, -0.05) is 0 Å². The molecule has 0 aliphatic carbocycles. The number of hydrogen-bond acceptors (Lipinski definition) is 4. The van der Waals surface area contributed by atoms with Crippen LogP contribution in [-0.2, 0) is 6.18 Å². The van der Waals surface area contributed by atoms with E-state index in [9.17, 15) is 18.0 Å². The van der Waals surface area contributed by atoms with Crippen molar-refractivity contribution in [1.82, 2.24) is 19.7 Å². The third-order valence-corrected chi connectivity index (χ3v) is 3.94. The molecule has 0 aliphatic heterocycles. The van der Waals surface area contributed by atoms with Crippen LogP contribution in [0.4, 0.5) is 18.0 Å². The standard InChI is InChI=1S/C14H15F3N4OS/c1-3-20(4-2)13(22)21-8-7-12(19-21)23-11-6-5-10(9-18-11)14(15,16)17/h5-9H,3-4H2,1-2H3. The number of hydrogen-bond donors (Lipinski definition) is 0. The van der Waals surface area contributed by atoms with Gasteiger partial charge < -0.3 is 4.90 Å². The van der Waals surface area contributed by atoms with Crippen LogP contribution in [0, 0.1) is 0 Å². The van der Waals surface area contributed by atoms with E-state index in [1.165, 1.54) is 16.9 Å². The van der Waals surface area contributed by atoms with Gasteiger partial charge in [0, 0.05) is 25.5 Å². The lowest BCUT2D eigenvalue weighted by molar-refractivity contribution is -0.137. The lowest BCUT2D eigenvalue weighted by Crippen LogP contribution is -2.34. The van der Waals surface area contributed by atoms with Crippen molar-refractivity contribution in [2.75, 3.05) is 13.1 Å². The van der Waals surface area contributed by atoms with Crippen LogP contribution >= 0.6 is 11.8 Å². The molecule has 0 saturated heterocycles. The van der Waals surface area contributed by atoms with Crippen LogP contribution in [0.2, 0.25) is 0 Å². The highest BCUT2D eigenvalue weighted by atomic mass is 32.2. The van der Waals surface area contributed by atoms with Crippen molar-refractivity contribution < 1.29 is 18.0 Å². The summed E-state index contributed by atoms with van der Waals surface area (Å²) < 4.78 is 38.6. The van der Waals surface area contributed by atoms with Crippen LogP contribution < -0.4 is 0 Å². The molecule has 124 valence electrons. The van der Waals surface area contributed by atoms with E-state index in [0.717, 1.165) is 24.0 Å². The molecule has 2 aromatic heterocycles. The summed E-state index contributed by atoms with van der Waals surface area (Å²) in [6.07, 6.45) is -2.11. The maximum atomic E-state index is 12.5. The Hall–Kier alpha value is -2.03. The lowest BCUT2D eigenvalue weighted by atomic mass is 10.3. The van der Waals surface area contributed by atoms with Crippen LogP contribution in [0.25, 0.3) is 0 Å². The summed E-state index contributed by atoms with van der Waals surface area (Å²) in [6, 6.07) is 3.61. The molecule has 0 atom stereocenters. The van der Waals surface area contributed by atoms with Gasteiger partial charge in [0.2, 0.25) is 0 Å². The van der Waals surface area contributed by atoms with E-state index in [2.05, 4.69) is 10.1 Å². The van der Waals surface area contributed by atoms with E-state index in [1.54, 1.807) is 11.0 Å². The van der Waals surface area contributed by atoms with Gasteiger partial charge in [-0.05, 0) is 43.8 Å². The summed E-state index contributed by atoms with van der Waals surface area (Å²) in [5, 5.41) is 4.98. The summed E-state index contributed by atoms with van der Waals surface area (Å²) in [5.74, 6) is 0. The Labute approximate surface area is 135 Å². The Balaban J connectivity index is 2.09. The number of nitrogens with zero attached hydrogens (tertiary/aromatic N) is 4. The quantitative estimate of drug-likeness (QED) is 0.847. The zero-order valence-corrected chi connectivity index (χ0v) is 13.4. The van der Waals surface area contributed by atoms with E-state index < -0.39 is 11.7 Å². The Kier molecular flexibility index (Phi) is 5.30. The first-order chi connectivity index (χ1) is 10.8. The Bertz CT molecular complexity index is 665.